The fourth-order valence-corrected chi connectivity index (χ4v) is 1.36. The van der Waals surface area contributed by atoms with Crippen LogP contribution in [-0.2, 0) is 9.53 Å². The Kier molecular flexibility index (Phi) is 4.19. The van der Waals surface area contributed by atoms with E-state index in [1.54, 1.807) is 0 Å². The lowest BCUT2D eigenvalue weighted by molar-refractivity contribution is -0.149. The van der Waals surface area contributed by atoms with Crippen LogP contribution in [0.1, 0.15) is 9.67 Å². The average molecular weight is 230 g/mol. The summed E-state index contributed by atoms with van der Waals surface area (Å²) in [6.07, 6.45) is 0.0664. The van der Waals surface area contributed by atoms with Crippen molar-refractivity contribution in [3.8, 4) is 0 Å². The fourth-order valence-electron chi connectivity index (χ4n) is 0.824. The predicted octanol–water partition coefficient (Wildman–Crippen LogP) is -0.593. The standard InChI is InChI=1S/C8H10N2O4S/c1-14-8(13)5(11)2-10-7(12)6-3-9-4-15-6/h3-5,11H,2H2,1H3,(H,10,12). The SMILES string of the molecule is COC(=O)C(O)CNC(=O)c1cncs1. The van der Waals surface area contributed by atoms with Gasteiger partial charge in [0.2, 0.25) is 0 Å². The molecule has 2 N–H and O–H groups in total. The number of carbonyl (C=O) groups excluding carboxylic acids is 2. The third-order valence-electron chi connectivity index (χ3n) is 1.59. The zero-order valence-corrected chi connectivity index (χ0v) is 8.78. The summed E-state index contributed by atoms with van der Waals surface area (Å²) in [5.41, 5.74) is 1.52. The number of aliphatic hydroxyl groups is 1. The van der Waals surface area contributed by atoms with E-state index < -0.39 is 12.1 Å². The zero-order chi connectivity index (χ0) is 11.3. The van der Waals surface area contributed by atoms with Gasteiger partial charge in [-0.05, 0) is 0 Å². The molecule has 1 unspecified atom stereocenters. The second-order valence-electron chi connectivity index (χ2n) is 2.61. The number of esters is 1. The average Bonchev–Trinajstić information content (AvgIpc) is 2.77. The summed E-state index contributed by atoms with van der Waals surface area (Å²) in [5.74, 6) is -1.15. The van der Waals surface area contributed by atoms with E-state index in [9.17, 15) is 9.59 Å². The van der Waals surface area contributed by atoms with E-state index in [0.29, 0.717) is 4.88 Å². The van der Waals surface area contributed by atoms with Gasteiger partial charge >= 0.3 is 5.97 Å². The van der Waals surface area contributed by atoms with Crippen LogP contribution in [0, 0.1) is 0 Å². The number of amides is 1. The van der Waals surface area contributed by atoms with Crippen molar-refractivity contribution in [2.24, 2.45) is 0 Å². The molecule has 7 heteroatoms. The molecule has 82 valence electrons. The third-order valence-corrected chi connectivity index (χ3v) is 2.36. The van der Waals surface area contributed by atoms with Gasteiger partial charge < -0.3 is 15.2 Å². The molecule has 1 atom stereocenters. The second kappa shape index (κ2) is 5.42. The molecule has 0 saturated carbocycles. The van der Waals surface area contributed by atoms with Gasteiger partial charge in [-0.25, -0.2) is 4.79 Å². The van der Waals surface area contributed by atoms with Crippen LogP contribution < -0.4 is 5.32 Å². The van der Waals surface area contributed by atoms with Crippen molar-refractivity contribution < 1.29 is 19.4 Å². The molecule has 0 fully saturated rings. The normalized spacial score (nSPS) is 11.9. The Bertz CT molecular complexity index is 338. The molecule has 0 spiro atoms. The van der Waals surface area contributed by atoms with E-state index in [1.165, 1.54) is 23.0 Å². The van der Waals surface area contributed by atoms with Crippen LogP contribution in [0.25, 0.3) is 0 Å². The Morgan fingerprint density at radius 3 is 3.00 bits per heavy atom. The van der Waals surface area contributed by atoms with Gasteiger partial charge in [-0.1, -0.05) is 0 Å². The summed E-state index contributed by atoms with van der Waals surface area (Å²) < 4.78 is 4.29. The predicted molar refractivity (Wildman–Crippen MR) is 52.5 cm³/mol. The summed E-state index contributed by atoms with van der Waals surface area (Å²) in [6, 6.07) is 0. The molecule has 1 heterocycles. The number of ether oxygens (including phenoxy) is 1. The van der Waals surface area contributed by atoms with Crippen molar-refractivity contribution in [1.29, 1.82) is 0 Å². The Balaban J connectivity index is 2.38. The number of methoxy groups -OCH3 is 1. The van der Waals surface area contributed by atoms with Gasteiger partial charge in [0.25, 0.3) is 5.91 Å². The van der Waals surface area contributed by atoms with Crippen LogP contribution in [0.5, 0.6) is 0 Å². The lowest BCUT2D eigenvalue weighted by atomic mass is 10.3. The Morgan fingerprint density at radius 1 is 1.73 bits per heavy atom. The fraction of sp³-hybridized carbons (Fsp3) is 0.375. The first kappa shape index (κ1) is 11.6. The van der Waals surface area contributed by atoms with Crippen LogP contribution in [0.3, 0.4) is 0 Å². The lowest BCUT2D eigenvalue weighted by Gasteiger charge is -2.08. The topological polar surface area (TPSA) is 88.5 Å². The number of thiazole rings is 1. The van der Waals surface area contributed by atoms with Crippen molar-refractivity contribution in [3.63, 3.8) is 0 Å². The van der Waals surface area contributed by atoms with Crippen molar-refractivity contribution in [2.45, 2.75) is 6.10 Å². The molecule has 0 aliphatic carbocycles. The minimum Gasteiger partial charge on any atom is -0.467 e. The molecule has 0 saturated heterocycles. The summed E-state index contributed by atoms with van der Waals surface area (Å²) in [6.45, 7) is -0.177. The van der Waals surface area contributed by atoms with Gasteiger partial charge in [0.05, 0.1) is 25.4 Å². The van der Waals surface area contributed by atoms with Crippen molar-refractivity contribution >= 4 is 23.2 Å². The highest BCUT2D eigenvalue weighted by Gasteiger charge is 2.16. The first-order chi connectivity index (χ1) is 7.15. The van der Waals surface area contributed by atoms with E-state index >= 15 is 0 Å². The Labute approximate surface area is 89.9 Å². The second-order valence-corrected chi connectivity index (χ2v) is 3.50. The number of carbonyl (C=O) groups is 2. The Hall–Kier alpha value is -1.47. The van der Waals surface area contributed by atoms with Crippen LogP contribution in [-0.4, -0.2) is 41.7 Å². The molecule has 15 heavy (non-hydrogen) atoms. The Morgan fingerprint density at radius 2 is 2.47 bits per heavy atom. The van der Waals surface area contributed by atoms with Gasteiger partial charge in [0, 0.05) is 0 Å². The molecule has 0 aromatic carbocycles. The van der Waals surface area contributed by atoms with Gasteiger partial charge in [-0.2, -0.15) is 0 Å². The highest BCUT2D eigenvalue weighted by molar-refractivity contribution is 7.11. The molecule has 0 aliphatic heterocycles. The monoisotopic (exact) mass is 230 g/mol. The molecule has 0 aliphatic rings. The number of nitrogens with zero attached hydrogens (tertiary/aromatic N) is 1. The van der Waals surface area contributed by atoms with Gasteiger partial charge in [0.15, 0.2) is 6.10 Å². The number of hydrogen-bond acceptors (Lipinski definition) is 6. The van der Waals surface area contributed by atoms with E-state index in [4.69, 9.17) is 5.11 Å². The lowest BCUT2D eigenvalue weighted by Crippen LogP contribution is -2.36. The summed E-state index contributed by atoms with van der Waals surface area (Å²) in [7, 11) is 1.16. The molecule has 0 radical (unpaired) electrons. The zero-order valence-electron chi connectivity index (χ0n) is 7.97. The molecule has 1 amide bonds. The molecular formula is C8H10N2O4S. The first-order valence-electron chi connectivity index (χ1n) is 4.07. The molecule has 1 aromatic rings. The third kappa shape index (κ3) is 3.30. The summed E-state index contributed by atoms with van der Waals surface area (Å²) >= 11 is 1.18. The minimum absolute atomic E-state index is 0.177. The van der Waals surface area contributed by atoms with E-state index in [0.717, 1.165) is 7.11 Å². The number of nitrogens with one attached hydrogen (secondary N) is 1. The maximum atomic E-state index is 11.3. The summed E-state index contributed by atoms with van der Waals surface area (Å²) in [5, 5.41) is 11.5. The van der Waals surface area contributed by atoms with Crippen LogP contribution in [0.2, 0.25) is 0 Å². The number of hydrogen-bond donors (Lipinski definition) is 2. The summed E-state index contributed by atoms with van der Waals surface area (Å²) in [4.78, 5) is 26.2. The number of aromatic nitrogens is 1. The van der Waals surface area contributed by atoms with E-state index in [2.05, 4.69) is 15.0 Å². The highest BCUT2D eigenvalue weighted by atomic mass is 32.1. The highest BCUT2D eigenvalue weighted by Crippen LogP contribution is 2.04. The molecule has 1 aromatic heterocycles. The van der Waals surface area contributed by atoms with Gasteiger partial charge in [-0.3, -0.25) is 9.78 Å². The first-order valence-corrected chi connectivity index (χ1v) is 4.95. The number of rotatable bonds is 4. The maximum absolute atomic E-state index is 11.3. The number of aliphatic hydroxyl groups excluding tert-OH is 1. The van der Waals surface area contributed by atoms with Crippen LogP contribution in [0.4, 0.5) is 0 Å². The van der Waals surface area contributed by atoms with Crippen molar-refractivity contribution in [1.82, 2.24) is 10.3 Å². The van der Waals surface area contributed by atoms with E-state index in [-0.39, 0.29) is 12.5 Å². The van der Waals surface area contributed by atoms with E-state index in [1.807, 2.05) is 0 Å². The van der Waals surface area contributed by atoms with Crippen molar-refractivity contribution in [3.05, 3.63) is 16.6 Å². The minimum atomic E-state index is -1.34. The molecule has 1 rings (SSSR count). The maximum Gasteiger partial charge on any atom is 0.336 e. The quantitative estimate of drug-likeness (QED) is 0.675. The molecular weight excluding hydrogens is 220 g/mol. The van der Waals surface area contributed by atoms with Gasteiger partial charge in [-0.15, -0.1) is 11.3 Å². The molecule has 6 nitrogen and oxygen atoms in total. The molecule has 0 bridgehead atoms. The van der Waals surface area contributed by atoms with Crippen LogP contribution >= 0.6 is 11.3 Å². The van der Waals surface area contributed by atoms with Crippen LogP contribution in [0.15, 0.2) is 11.7 Å². The largest absolute Gasteiger partial charge is 0.467 e. The van der Waals surface area contributed by atoms with Crippen molar-refractivity contribution in [2.75, 3.05) is 13.7 Å². The smallest absolute Gasteiger partial charge is 0.336 e. The van der Waals surface area contributed by atoms with Gasteiger partial charge in [0.1, 0.15) is 4.88 Å².